The van der Waals surface area contributed by atoms with Gasteiger partial charge in [-0.3, -0.25) is 9.59 Å². The predicted octanol–water partition coefficient (Wildman–Crippen LogP) is 1.85. The van der Waals surface area contributed by atoms with E-state index in [0.29, 0.717) is 28.7 Å². The molecule has 1 aromatic carbocycles. The molecule has 1 aliphatic heterocycles. The maximum Gasteiger partial charge on any atom is 0.247 e. The van der Waals surface area contributed by atoms with Crippen molar-refractivity contribution in [1.29, 1.82) is 0 Å². The van der Waals surface area contributed by atoms with Crippen LogP contribution >= 0.6 is 12.2 Å². The van der Waals surface area contributed by atoms with Gasteiger partial charge in [0.15, 0.2) is 5.11 Å². The van der Waals surface area contributed by atoms with E-state index in [2.05, 4.69) is 21.3 Å². The molecule has 4 N–H and O–H groups in total. The van der Waals surface area contributed by atoms with Crippen LogP contribution in [-0.4, -0.2) is 36.1 Å². The van der Waals surface area contributed by atoms with Crippen molar-refractivity contribution < 1.29 is 14.3 Å². The van der Waals surface area contributed by atoms with Crippen molar-refractivity contribution in [3.05, 3.63) is 18.2 Å². The first kappa shape index (κ1) is 19.0. The Bertz CT molecular complexity index is 678. The van der Waals surface area contributed by atoms with Gasteiger partial charge in [0.2, 0.25) is 11.8 Å². The van der Waals surface area contributed by atoms with Gasteiger partial charge in [-0.25, -0.2) is 0 Å². The number of amides is 2. The van der Waals surface area contributed by atoms with Gasteiger partial charge in [-0.15, -0.1) is 0 Å². The van der Waals surface area contributed by atoms with E-state index in [0.717, 1.165) is 0 Å². The Balaban J connectivity index is 2.18. The summed E-state index contributed by atoms with van der Waals surface area (Å²) in [6.45, 7) is 5.57. The fourth-order valence-corrected chi connectivity index (χ4v) is 2.77. The van der Waals surface area contributed by atoms with E-state index in [9.17, 15) is 9.59 Å². The first-order chi connectivity index (χ1) is 11.8. The molecule has 0 bridgehead atoms. The first-order valence-corrected chi connectivity index (χ1v) is 8.57. The van der Waals surface area contributed by atoms with Crippen LogP contribution in [-0.2, 0) is 9.59 Å². The first-order valence-electron chi connectivity index (χ1n) is 8.17. The Hall–Kier alpha value is -2.35. The summed E-state index contributed by atoms with van der Waals surface area (Å²) in [5.74, 6) is 0.0605. The lowest BCUT2D eigenvalue weighted by molar-refractivity contribution is -0.119. The highest BCUT2D eigenvalue weighted by atomic mass is 32.1. The largest absolute Gasteiger partial charge is 0.497 e. The summed E-state index contributed by atoms with van der Waals surface area (Å²) in [6, 6.07) is 4.79. The quantitative estimate of drug-likeness (QED) is 0.596. The molecular weight excluding hydrogens is 340 g/mol. The SMILES string of the molecule is COc1ccc(NC(=O)[C@@H]2C[C@@H](C)NC(=S)N2)c(NC(=O)C(C)C)c1. The number of carbonyl (C=O) groups excluding carboxylic acids is 2. The Morgan fingerprint density at radius 2 is 1.96 bits per heavy atom. The molecule has 25 heavy (non-hydrogen) atoms. The van der Waals surface area contributed by atoms with Crippen molar-refractivity contribution in [3.8, 4) is 5.75 Å². The fraction of sp³-hybridized carbons (Fsp3) is 0.471. The normalized spacial score (nSPS) is 19.6. The summed E-state index contributed by atoms with van der Waals surface area (Å²) < 4.78 is 5.20. The average molecular weight is 364 g/mol. The molecule has 1 saturated heterocycles. The van der Waals surface area contributed by atoms with Gasteiger partial charge in [-0.2, -0.15) is 0 Å². The second-order valence-electron chi connectivity index (χ2n) is 6.35. The van der Waals surface area contributed by atoms with Gasteiger partial charge in [0, 0.05) is 18.0 Å². The number of benzene rings is 1. The Labute approximate surface area is 152 Å². The summed E-state index contributed by atoms with van der Waals surface area (Å²) >= 11 is 5.11. The number of carbonyl (C=O) groups is 2. The minimum atomic E-state index is -0.431. The Kier molecular flexibility index (Phi) is 6.19. The molecule has 1 fully saturated rings. The molecule has 0 spiro atoms. The third-order valence-corrected chi connectivity index (χ3v) is 4.09. The van der Waals surface area contributed by atoms with Crippen LogP contribution in [0.1, 0.15) is 27.2 Å². The maximum absolute atomic E-state index is 12.6. The molecule has 0 aliphatic carbocycles. The minimum absolute atomic E-state index is 0.112. The number of ether oxygens (including phenoxy) is 1. The van der Waals surface area contributed by atoms with E-state index in [1.165, 1.54) is 0 Å². The van der Waals surface area contributed by atoms with E-state index in [1.807, 2.05) is 6.92 Å². The van der Waals surface area contributed by atoms with Gasteiger partial charge in [0.1, 0.15) is 11.8 Å². The van der Waals surface area contributed by atoms with Crippen LogP contribution in [0.5, 0.6) is 5.75 Å². The van der Waals surface area contributed by atoms with Gasteiger partial charge >= 0.3 is 0 Å². The Morgan fingerprint density at radius 3 is 2.56 bits per heavy atom. The zero-order valence-corrected chi connectivity index (χ0v) is 15.6. The van der Waals surface area contributed by atoms with Crippen LogP contribution in [0.15, 0.2) is 18.2 Å². The van der Waals surface area contributed by atoms with Crippen LogP contribution in [0.4, 0.5) is 11.4 Å². The zero-order chi connectivity index (χ0) is 18.6. The van der Waals surface area contributed by atoms with Crippen molar-refractivity contribution in [2.24, 2.45) is 5.92 Å². The van der Waals surface area contributed by atoms with Crippen molar-refractivity contribution in [2.75, 3.05) is 17.7 Å². The summed E-state index contributed by atoms with van der Waals surface area (Å²) in [5.41, 5.74) is 1.01. The van der Waals surface area contributed by atoms with Crippen LogP contribution in [0.25, 0.3) is 0 Å². The molecule has 0 saturated carbocycles. The monoisotopic (exact) mass is 364 g/mol. The van der Waals surface area contributed by atoms with E-state index in [-0.39, 0.29) is 23.8 Å². The van der Waals surface area contributed by atoms with Crippen LogP contribution in [0.3, 0.4) is 0 Å². The smallest absolute Gasteiger partial charge is 0.247 e. The minimum Gasteiger partial charge on any atom is -0.497 e. The Morgan fingerprint density at radius 1 is 1.24 bits per heavy atom. The fourth-order valence-electron chi connectivity index (χ4n) is 2.43. The highest BCUT2D eigenvalue weighted by molar-refractivity contribution is 7.80. The molecular formula is C17H24N4O3S. The number of hydrogen-bond acceptors (Lipinski definition) is 4. The van der Waals surface area contributed by atoms with Crippen LogP contribution in [0.2, 0.25) is 0 Å². The second kappa shape index (κ2) is 8.15. The number of nitrogens with one attached hydrogen (secondary N) is 4. The molecule has 2 rings (SSSR count). The molecule has 2 amide bonds. The third kappa shape index (κ3) is 5.06. The van der Waals surface area contributed by atoms with Crippen molar-refractivity contribution in [3.63, 3.8) is 0 Å². The molecule has 0 unspecified atom stereocenters. The molecule has 7 nitrogen and oxygen atoms in total. The summed E-state index contributed by atoms with van der Waals surface area (Å²) in [7, 11) is 1.54. The van der Waals surface area contributed by atoms with Gasteiger partial charge in [0.05, 0.1) is 18.5 Å². The number of methoxy groups -OCH3 is 1. The highest BCUT2D eigenvalue weighted by Crippen LogP contribution is 2.28. The topological polar surface area (TPSA) is 91.5 Å². The summed E-state index contributed by atoms with van der Waals surface area (Å²) in [4.78, 5) is 24.6. The van der Waals surface area contributed by atoms with E-state index in [4.69, 9.17) is 17.0 Å². The lowest BCUT2D eigenvalue weighted by atomic mass is 10.1. The molecule has 136 valence electrons. The molecule has 8 heteroatoms. The van der Waals surface area contributed by atoms with E-state index >= 15 is 0 Å². The van der Waals surface area contributed by atoms with E-state index in [1.54, 1.807) is 39.2 Å². The average Bonchev–Trinajstić information content (AvgIpc) is 2.55. The lowest BCUT2D eigenvalue weighted by Gasteiger charge is -2.30. The van der Waals surface area contributed by atoms with Gasteiger partial charge < -0.3 is 26.0 Å². The standard InChI is InChI=1S/C17H24N4O3S/c1-9(2)15(22)20-13-8-11(24-4)5-6-12(13)19-16(23)14-7-10(3)18-17(25)21-14/h5-6,8-10,14H,7H2,1-4H3,(H,19,23)(H,20,22)(H2,18,21,25)/t10-,14+/m1/s1. The highest BCUT2D eigenvalue weighted by Gasteiger charge is 2.27. The predicted molar refractivity (Wildman–Crippen MR) is 102 cm³/mol. The lowest BCUT2D eigenvalue weighted by Crippen LogP contribution is -2.57. The van der Waals surface area contributed by atoms with Crippen molar-refractivity contribution in [2.45, 2.75) is 39.3 Å². The van der Waals surface area contributed by atoms with Crippen LogP contribution < -0.4 is 26.0 Å². The number of hydrogen-bond donors (Lipinski definition) is 4. The zero-order valence-electron chi connectivity index (χ0n) is 14.8. The summed E-state index contributed by atoms with van der Waals surface area (Å²) in [5, 5.41) is 12.2. The van der Waals surface area contributed by atoms with Crippen molar-refractivity contribution in [1.82, 2.24) is 10.6 Å². The number of thiocarbonyl (C=S) groups is 1. The molecule has 2 atom stereocenters. The molecule has 1 heterocycles. The summed E-state index contributed by atoms with van der Waals surface area (Å²) in [6.07, 6.45) is 0.607. The third-order valence-electron chi connectivity index (χ3n) is 3.86. The van der Waals surface area contributed by atoms with Gasteiger partial charge in [0.25, 0.3) is 0 Å². The van der Waals surface area contributed by atoms with Crippen molar-refractivity contribution >= 4 is 40.5 Å². The van der Waals surface area contributed by atoms with Gasteiger partial charge in [-0.1, -0.05) is 13.8 Å². The van der Waals surface area contributed by atoms with E-state index < -0.39 is 6.04 Å². The van der Waals surface area contributed by atoms with Crippen LogP contribution in [0, 0.1) is 5.92 Å². The number of anilines is 2. The number of rotatable bonds is 5. The maximum atomic E-state index is 12.6. The molecule has 0 aromatic heterocycles. The second-order valence-corrected chi connectivity index (χ2v) is 6.76. The molecule has 1 aromatic rings. The molecule has 1 aliphatic rings. The van der Waals surface area contributed by atoms with Gasteiger partial charge in [-0.05, 0) is 37.7 Å². The molecule has 0 radical (unpaired) electrons.